The molecule has 0 saturated heterocycles. The summed E-state index contributed by atoms with van der Waals surface area (Å²) < 4.78 is 0. The highest BCUT2D eigenvalue weighted by Crippen LogP contribution is 2.18. The van der Waals surface area contributed by atoms with Crippen LogP contribution in [0.25, 0.3) is 10.9 Å². The molecule has 0 aliphatic heterocycles. The quantitative estimate of drug-likeness (QED) is 0.148. The highest BCUT2D eigenvalue weighted by molar-refractivity contribution is 6.45. The lowest BCUT2D eigenvalue weighted by Gasteiger charge is -2.13. The lowest BCUT2D eigenvalue weighted by atomic mass is 10.1. The summed E-state index contributed by atoms with van der Waals surface area (Å²) in [4.78, 5) is 42.4. The molecule has 25 heavy (non-hydrogen) atoms. The van der Waals surface area contributed by atoms with Crippen molar-refractivity contribution in [3.63, 3.8) is 0 Å². The van der Waals surface area contributed by atoms with Gasteiger partial charge in [-0.15, -0.1) is 0 Å². The number of nitrogens with zero attached hydrogens (tertiary/aromatic N) is 1. The maximum Gasteiger partial charge on any atom is 0.326 e. The smallest absolute Gasteiger partial charge is 0.326 e. The minimum absolute atomic E-state index is 0.0922. The van der Waals surface area contributed by atoms with Gasteiger partial charge in [-0.2, -0.15) is 0 Å². The number of benzene rings is 1. The van der Waals surface area contributed by atoms with Crippen molar-refractivity contribution in [2.45, 2.75) is 18.9 Å². The Morgan fingerprint density at radius 3 is 2.64 bits per heavy atom. The number of guanidine groups is 1. The Hall–Kier alpha value is -3.36. The van der Waals surface area contributed by atoms with E-state index >= 15 is 0 Å². The van der Waals surface area contributed by atoms with Crippen LogP contribution in [0.3, 0.4) is 0 Å². The topological polar surface area (TPSA) is 164 Å². The largest absolute Gasteiger partial charge is 0.480 e. The molecule has 7 N–H and O–H groups in total. The molecular formula is C16H19N5O4. The predicted octanol–water partition coefficient (Wildman–Crippen LogP) is -0.0264. The number of nitrogens with two attached hydrogens (primary N) is 2. The molecule has 0 radical (unpaired) electrons. The van der Waals surface area contributed by atoms with Crippen LogP contribution in [-0.4, -0.2) is 46.3 Å². The van der Waals surface area contributed by atoms with E-state index in [1.165, 1.54) is 6.20 Å². The number of carboxylic acid groups (broad SMARTS) is 1. The van der Waals surface area contributed by atoms with Crippen LogP contribution >= 0.6 is 0 Å². The van der Waals surface area contributed by atoms with E-state index in [2.05, 4.69) is 15.3 Å². The van der Waals surface area contributed by atoms with Crippen molar-refractivity contribution in [3.8, 4) is 0 Å². The second kappa shape index (κ2) is 7.95. The number of hydrogen-bond donors (Lipinski definition) is 5. The Labute approximate surface area is 143 Å². The van der Waals surface area contributed by atoms with E-state index in [4.69, 9.17) is 11.5 Å². The Balaban J connectivity index is 2.03. The minimum atomic E-state index is -1.23. The van der Waals surface area contributed by atoms with Gasteiger partial charge in [-0.05, 0) is 18.9 Å². The zero-order chi connectivity index (χ0) is 18.4. The first-order valence-corrected chi connectivity index (χ1v) is 7.59. The molecule has 1 aromatic heterocycles. The summed E-state index contributed by atoms with van der Waals surface area (Å²) in [6.07, 6.45) is 1.87. The van der Waals surface area contributed by atoms with Crippen LogP contribution in [0, 0.1) is 0 Å². The molecule has 0 spiro atoms. The molecule has 1 heterocycles. The fourth-order valence-corrected chi connectivity index (χ4v) is 2.37. The number of Topliss-reactive ketones (excluding diaryl/α,β-unsaturated/α-hetero) is 1. The number of carbonyl (C=O) groups is 3. The van der Waals surface area contributed by atoms with Gasteiger partial charge in [0, 0.05) is 23.6 Å². The molecule has 2 aromatic rings. The number of hydrogen-bond acceptors (Lipinski definition) is 4. The number of H-pyrrole nitrogens is 1. The number of amides is 1. The van der Waals surface area contributed by atoms with E-state index in [9.17, 15) is 19.5 Å². The van der Waals surface area contributed by atoms with Crippen LogP contribution in [0.4, 0.5) is 0 Å². The number of nitrogens with one attached hydrogen (secondary N) is 2. The van der Waals surface area contributed by atoms with Crippen molar-refractivity contribution in [1.29, 1.82) is 0 Å². The monoisotopic (exact) mass is 345 g/mol. The summed E-state index contributed by atoms with van der Waals surface area (Å²) in [7, 11) is 0. The predicted molar refractivity (Wildman–Crippen MR) is 92.1 cm³/mol. The van der Waals surface area contributed by atoms with Crippen LogP contribution in [0.15, 0.2) is 35.5 Å². The van der Waals surface area contributed by atoms with Gasteiger partial charge in [-0.1, -0.05) is 18.2 Å². The average molecular weight is 345 g/mol. The Morgan fingerprint density at radius 2 is 1.96 bits per heavy atom. The van der Waals surface area contributed by atoms with Crippen LogP contribution in [0.5, 0.6) is 0 Å². The third kappa shape index (κ3) is 4.56. The van der Waals surface area contributed by atoms with Crippen molar-refractivity contribution in [3.05, 3.63) is 36.0 Å². The molecule has 9 heteroatoms. The van der Waals surface area contributed by atoms with Crippen molar-refractivity contribution < 1.29 is 19.5 Å². The molecule has 0 saturated carbocycles. The fourth-order valence-electron chi connectivity index (χ4n) is 2.37. The van der Waals surface area contributed by atoms with Gasteiger partial charge in [0.15, 0.2) is 5.96 Å². The minimum Gasteiger partial charge on any atom is -0.480 e. The first-order chi connectivity index (χ1) is 11.9. The van der Waals surface area contributed by atoms with E-state index in [1.807, 2.05) is 0 Å². The van der Waals surface area contributed by atoms with Crippen molar-refractivity contribution in [2.24, 2.45) is 16.5 Å². The number of carbonyl (C=O) groups excluding carboxylic acids is 2. The van der Waals surface area contributed by atoms with Gasteiger partial charge in [0.05, 0.1) is 5.56 Å². The van der Waals surface area contributed by atoms with Gasteiger partial charge in [0.1, 0.15) is 6.04 Å². The number of aliphatic carboxylic acids is 1. The van der Waals surface area contributed by atoms with E-state index < -0.39 is 23.7 Å². The standard InChI is InChI=1S/C16H19N5O4/c17-16(18)19-7-3-6-12(15(24)25)21-14(23)13(22)10-8-20-11-5-2-1-4-9(10)11/h1-2,4-5,8,12,20H,3,6-7H2,(H,21,23)(H,24,25)(H4,17,18,19). The molecule has 0 bridgehead atoms. The maximum atomic E-state index is 12.3. The normalized spacial score (nSPS) is 11.7. The Morgan fingerprint density at radius 1 is 1.24 bits per heavy atom. The van der Waals surface area contributed by atoms with Crippen LogP contribution in [0.2, 0.25) is 0 Å². The summed E-state index contributed by atoms with van der Waals surface area (Å²) in [5.41, 5.74) is 11.3. The van der Waals surface area contributed by atoms with Crippen molar-refractivity contribution in [1.82, 2.24) is 10.3 Å². The number of carboxylic acids is 1. The van der Waals surface area contributed by atoms with Crippen molar-refractivity contribution >= 4 is 34.5 Å². The molecule has 132 valence electrons. The van der Waals surface area contributed by atoms with Gasteiger partial charge in [0.2, 0.25) is 0 Å². The van der Waals surface area contributed by atoms with E-state index in [-0.39, 0.29) is 24.5 Å². The number of aliphatic imine (C=N–C) groups is 1. The van der Waals surface area contributed by atoms with Gasteiger partial charge >= 0.3 is 5.97 Å². The highest BCUT2D eigenvalue weighted by Gasteiger charge is 2.25. The first kappa shape index (κ1) is 18.0. The average Bonchev–Trinajstić information content (AvgIpc) is 3.00. The zero-order valence-electron chi connectivity index (χ0n) is 13.4. The number of para-hydroxylation sites is 1. The van der Waals surface area contributed by atoms with Gasteiger partial charge in [-0.25, -0.2) is 4.79 Å². The number of rotatable bonds is 8. The molecule has 1 aromatic carbocycles. The third-order valence-corrected chi connectivity index (χ3v) is 3.59. The molecule has 0 aliphatic carbocycles. The Bertz CT molecular complexity index is 823. The summed E-state index contributed by atoms with van der Waals surface area (Å²) in [6.45, 7) is 0.235. The number of aromatic amines is 1. The molecular weight excluding hydrogens is 326 g/mol. The summed E-state index contributed by atoms with van der Waals surface area (Å²) in [5.74, 6) is -3.10. The number of ketones is 1. The van der Waals surface area contributed by atoms with Crippen LogP contribution in [-0.2, 0) is 9.59 Å². The molecule has 1 unspecified atom stereocenters. The second-order valence-electron chi connectivity index (χ2n) is 5.39. The first-order valence-electron chi connectivity index (χ1n) is 7.59. The Kier molecular flexibility index (Phi) is 5.72. The molecule has 9 nitrogen and oxygen atoms in total. The van der Waals surface area contributed by atoms with Crippen molar-refractivity contribution in [2.75, 3.05) is 6.54 Å². The highest BCUT2D eigenvalue weighted by atomic mass is 16.4. The molecule has 0 aliphatic rings. The third-order valence-electron chi connectivity index (χ3n) is 3.59. The van der Waals surface area contributed by atoms with E-state index in [0.29, 0.717) is 17.3 Å². The summed E-state index contributed by atoms with van der Waals surface area (Å²) in [5, 5.41) is 12.0. The maximum absolute atomic E-state index is 12.3. The number of fused-ring (bicyclic) bond motifs is 1. The fraction of sp³-hybridized carbons (Fsp3) is 0.250. The van der Waals surface area contributed by atoms with Gasteiger partial charge in [0.25, 0.3) is 11.7 Å². The SMILES string of the molecule is NC(N)=NCCCC(NC(=O)C(=O)c1c[nH]c2ccccc12)C(=O)O. The molecule has 1 atom stereocenters. The van der Waals surface area contributed by atoms with Crippen LogP contribution < -0.4 is 16.8 Å². The van der Waals surface area contributed by atoms with Gasteiger partial charge in [-0.3, -0.25) is 14.6 Å². The second-order valence-corrected chi connectivity index (χ2v) is 5.39. The van der Waals surface area contributed by atoms with Gasteiger partial charge < -0.3 is 26.9 Å². The summed E-state index contributed by atoms with van der Waals surface area (Å²) >= 11 is 0. The lowest BCUT2D eigenvalue weighted by molar-refractivity contribution is -0.141. The number of aromatic nitrogens is 1. The lowest BCUT2D eigenvalue weighted by Crippen LogP contribution is -2.44. The van der Waals surface area contributed by atoms with Crippen LogP contribution in [0.1, 0.15) is 23.2 Å². The summed E-state index contributed by atoms with van der Waals surface area (Å²) in [6, 6.07) is 5.82. The zero-order valence-corrected chi connectivity index (χ0v) is 13.4. The molecule has 2 rings (SSSR count). The van der Waals surface area contributed by atoms with E-state index in [1.54, 1.807) is 24.3 Å². The molecule has 0 fully saturated rings. The van der Waals surface area contributed by atoms with E-state index in [0.717, 1.165) is 0 Å². The molecule has 1 amide bonds.